The molecule has 0 radical (unpaired) electrons. The first-order valence-electron chi connectivity index (χ1n) is 7.48. The summed E-state index contributed by atoms with van der Waals surface area (Å²) in [4.78, 5) is 17.0. The molecule has 5 nitrogen and oxygen atoms in total. The predicted octanol–water partition coefficient (Wildman–Crippen LogP) is 4.04. The quantitative estimate of drug-likeness (QED) is 0.712. The molecule has 2 amide bonds. The molecule has 0 aliphatic rings. The van der Waals surface area contributed by atoms with Crippen molar-refractivity contribution in [2.24, 2.45) is 0 Å². The van der Waals surface area contributed by atoms with Crippen LogP contribution in [0.4, 0.5) is 10.5 Å². The molecule has 122 valence electrons. The Morgan fingerprint density at radius 2 is 2.00 bits per heavy atom. The van der Waals surface area contributed by atoms with Gasteiger partial charge in [0.05, 0.1) is 6.54 Å². The first kappa shape index (κ1) is 16.0. The van der Waals surface area contributed by atoms with Crippen LogP contribution in [-0.2, 0) is 13.2 Å². The Labute approximate surface area is 144 Å². The monoisotopic (exact) mass is 339 g/mol. The van der Waals surface area contributed by atoms with Crippen molar-refractivity contribution >= 4 is 23.1 Å². The maximum absolute atomic E-state index is 11.8. The molecule has 24 heavy (non-hydrogen) atoms. The zero-order chi connectivity index (χ0) is 16.6. The van der Waals surface area contributed by atoms with E-state index in [1.54, 1.807) is 23.7 Å². The Kier molecular flexibility index (Phi) is 5.42. The summed E-state index contributed by atoms with van der Waals surface area (Å²) >= 11 is 1.61. The lowest BCUT2D eigenvalue weighted by atomic mass is 10.3. The molecule has 0 spiro atoms. The topological polar surface area (TPSA) is 63.2 Å². The number of urea groups is 1. The number of carbonyl (C=O) groups excluding carboxylic acids is 1. The van der Waals surface area contributed by atoms with Gasteiger partial charge in [-0.05, 0) is 41.8 Å². The van der Waals surface area contributed by atoms with E-state index in [1.165, 1.54) is 0 Å². The van der Waals surface area contributed by atoms with Gasteiger partial charge in [0.25, 0.3) is 0 Å². The average molecular weight is 339 g/mol. The number of aromatic nitrogens is 1. The average Bonchev–Trinajstić information content (AvgIpc) is 3.14. The van der Waals surface area contributed by atoms with Crippen LogP contribution in [0.5, 0.6) is 5.75 Å². The molecule has 6 heteroatoms. The van der Waals surface area contributed by atoms with Crippen LogP contribution in [0.25, 0.3) is 0 Å². The van der Waals surface area contributed by atoms with E-state index in [-0.39, 0.29) is 6.03 Å². The van der Waals surface area contributed by atoms with Gasteiger partial charge in [0.2, 0.25) is 0 Å². The van der Waals surface area contributed by atoms with E-state index >= 15 is 0 Å². The Balaban J connectivity index is 1.46. The van der Waals surface area contributed by atoms with Crippen molar-refractivity contribution < 1.29 is 9.53 Å². The minimum atomic E-state index is -0.229. The zero-order valence-corrected chi connectivity index (χ0v) is 13.8. The van der Waals surface area contributed by atoms with Gasteiger partial charge in [0.1, 0.15) is 12.4 Å². The van der Waals surface area contributed by atoms with Gasteiger partial charge in [-0.3, -0.25) is 4.98 Å². The molecule has 0 unspecified atom stereocenters. The van der Waals surface area contributed by atoms with Gasteiger partial charge >= 0.3 is 6.03 Å². The summed E-state index contributed by atoms with van der Waals surface area (Å²) in [5, 5.41) is 7.60. The highest BCUT2D eigenvalue weighted by Crippen LogP contribution is 2.17. The summed E-state index contributed by atoms with van der Waals surface area (Å²) in [5.41, 5.74) is 1.72. The molecule has 3 aromatic rings. The van der Waals surface area contributed by atoms with E-state index in [0.29, 0.717) is 18.8 Å². The Morgan fingerprint density at radius 1 is 1.12 bits per heavy atom. The number of nitrogens with zero attached hydrogens (tertiary/aromatic N) is 1. The number of rotatable bonds is 6. The molecule has 0 bridgehead atoms. The number of hydrogen-bond acceptors (Lipinski definition) is 4. The SMILES string of the molecule is O=C(NCc1cccs1)Nc1ccc(OCc2cccnc2)cc1. The standard InChI is InChI=1S/C18H17N3O2S/c22-18(20-12-17-4-2-10-24-17)21-15-5-7-16(8-6-15)23-13-14-3-1-9-19-11-14/h1-11H,12-13H2,(H2,20,21,22). The molecule has 0 saturated carbocycles. The van der Waals surface area contributed by atoms with Crippen LogP contribution in [0.2, 0.25) is 0 Å². The van der Waals surface area contributed by atoms with Gasteiger partial charge < -0.3 is 15.4 Å². The summed E-state index contributed by atoms with van der Waals surface area (Å²) in [6, 6.07) is 14.8. The first-order chi connectivity index (χ1) is 11.8. The van der Waals surface area contributed by atoms with Crippen molar-refractivity contribution in [1.29, 1.82) is 0 Å². The van der Waals surface area contributed by atoms with Crippen molar-refractivity contribution in [3.63, 3.8) is 0 Å². The van der Waals surface area contributed by atoms with Gasteiger partial charge in [-0.15, -0.1) is 11.3 Å². The molecule has 1 aromatic carbocycles. The fraction of sp³-hybridized carbons (Fsp3) is 0.111. The minimum absolute atomic E-state index is 0.229. The number of ether oxygens (including phenoxy) is 1. The number of hydrogen-bond donors (Lipinski definition) is 2. The largest absolute Gasteiger partial charge is 0.489 e. The highest BCUT2D eigenvalue weighted by Gasteiger charge is 2.03. The van der Waals surface area contributed by atoms with Gasteiger partial charge in [0, 0.05) is 28.5 Å². The number of thiophene rings is 1. The minimum Gasteiger partial charge on any atom is -0.489 e. The van der Waals surface area contributed by atoms with Crippen molar-refractivity contribution in [2.45, 2.75) is 13.2 Å². The lowest BCUT2D eigenvalue weighted by molar-refractivity contribution is 0.252. The second-order valence-corrected chi connectivity index (χ2v) is 6.09. The Bertz CT molecular complexity index is 759. The van der Waals surface area contributed by atoms with Crippen LogP contribution in [0.3, 0.4) is 0 Å². The van der Waals surface area contributed by atoms with Crippen LogP contribution in [0.1, 0.15) is 10.4 Å². The second-order valence-electron chi connectivity index (χ2n) is 5.06. The molecular weight excluding hydrogens is 322 g/mol. The molecule has 0 atom stereocenters. The van der Waals surface area contributed by atoms with Gasteiger partial charge in [-0.1, -0.05) is 12.1 Å². The van der Waals surface area contributed by atoms with E-state index in [0.717, 1.165) is 16.2 Å². The lowest BCUT2D eigenvalue weighted by Crippen LogP contribution is -2.27. The third-order valence-corrected chi connectivity index (χ3v) is 4.12. The van der Waals surface area contributed by atoms with Crippen LogP contribution in [0.15, 0.2) is 66.3 Å². The molecule has 0 fully saturated rings. The molecule has 2 N–H and O–H groups in total. The van der Waals surface area contributed by atoms with E-state index < -0.39 is 0 Å². The fourth-order valence-electron chi connectivity index (χ4n) is 2.04. The van der Waals surface area contributed by atoms with Crippen molar-refractivity contribution in [2.75, 3.05) is 5.32 Å². The number of nitrogens with one attached hydrogen (secondary N) is 2. The molecule has 0 saturated heterocycles. The molecule has 3 rings (SSSR count). The normalized spacial score (nSPS) is 10.2. The maximum Gasteiger partial charge on any atom is 0.319 e. The van der Waals surface area contributed by atoms with Crippen LogP contribution in [-0.4, -0.2) is 11.0 Å². The number of amides is 2. The lowest BCUT2D eigenvalue weighted by Gasteiger charge is -2.09. The Hall–Kier alpha value is -2.86. The summed E-state index contributed by atoms with van der Waals surface area (Å²) in [6.45, 7) is 0.984. The van der Waals surface area contributed by atoms with E-state index in [2.05, 4.69) is 15.6 Å². The fourth-order valence-corrected chi connectivity index (χ4v) is 2.69. The summed E-state index contributed by atoms with van der Waals surface area (Å²) in [7, 11) is 0. The third kappa shape index (κ3) is 4.82. The van der Waals surface area contributed by atoms with E-state index in [9.17, 15) is 4.79 Å². The molecular formula is C18H17N3O2S. The van der Waals surface area contributed by atoms with E-state index in [1.807, 2.05) is 53.9 Å². The van der Waals surface area contributed by atoms with Crippen molar-refractivity contribution in [1.82, 2.24) is 10.3 Å². The number of anilines is 1. The smallest absolute Gasteiger partial charge is 0.319 e. The summed E-state index contributed by atoms with van der Waals surface area (Å²) in [5.74, 6) is 0.739. The predicted molar refractivity (Wildman–Crippen MR) is 95.2 cm³/mol. The molecule has 2 heterocycles. The van der Waals surface area contributed by atoms with Crippen LogP contribution in [0, 0.1) is 0 Å². The van der Waals surface area contributed by atoms with Crippen LogP contribution < -0.4 is 15.4 Å². The maximum atomic E-state index is 11.8. The van der Waals surface area contributed by atoms with Crippen molar-refractivity contribution in [3.05, 3.63) is 76.7 Å². The van der Waals surface area contributed by atoms with Crippen LogP contribution >= 0.6 is 11.3 Å². The highest BCUT2D eigenvalue weighted by atomic mass is 32.1. The first-order valence-corrected chi connectivity index (χ1v) is 8.36. The molecule has 2 aromatic heterocycles. The number of pyridine rings is 1. The number of carbonyl (C=O) groups is 1. The van der Waals surface area contributed by atoms with Gasteiger partial charge in [0.15, 0.2) is 0 Å². The van der Waals surface area contributed by atoms with E-state index in [4.69, 9.17) is 4.74 Å². The number of benzene rings is 1. The third-order valence-electron chi connectivity index (χ3n) is 3.24. The summed E-state index contributed by atoms with van der Waals surface area (Å²) < 4.78 is 5.68. The highest BCUT2D eigenvalue weighted by molar-refractivity contribution is 7.09. The molecule has 0 aliphatic heterocycles. The molecule has 0 aliphatic carbocycles. The van der Waals surface area contributed by atoms with Crippen molar-refractivity contribution in [3.8, 4) is 5.75 Å². The summed E-state index contributed by atoms with van der Waals surface area (Å²) in [6.07, 6.45) is 3.50. The van der Waals surface area contributed by atoms with Gasteiger partial charge in [-0.2, -0.15) is 0 Å². The van der Waals surface area contributed by atoms with Gasteiger partial charge in [-0.25, -0.2) is 4.79 Å². The second kappa shape index (κ2) is 8.12. The zero-order valence-electron chi connectivity index (χ0n) is 12.9. The Morgan fingerprint density at radius 3 is 2.71 bits per heavy atom.